The molecule has 0 bridgehead atoms. The van der Waals surface area contributed by atoms with E-state index in [-0.39, 0.29) is 0 Å². The van der Waals surface area contributed by atoms with Gasteiger partial charge in [0, 0.05) is 12.4 Å². The molecule has 0 aliphatic heterocycles. The van der Waals surface area contributed by atoms with Crippen molar-refractivity contribution in [3.63, 3.8) is 0 Å². The highest BCUT2D eigenvalue weighted by atomic mass is 15.2. The first-order chi connectivity index (χ1) is 9.86. The molecule has 0 radical (unpaired) electrons. The number of allylic oxidation sites excluding steroid dienone is 1. The second kappa shape index (κ2) is 8.21. The van der Waals surface area contributed by atoms with Crippen LogP contribution in [0.3, 0.4) is 0 Å². The van der Waals surface area contributed by atoms with Gasteiger partial charge in [0.05, 0.1) is 6.04 Å². The van der Waals surface area contributed by atoms with Crippen molar-refractivity contribution in [2.45, 2.75) is 58.4 Å². The van der Waals surface area contributed by atoms with E-state index < -0.39 is 0 Å². The van der Waals surface area contributed by atoms with Crippen LogP contribution in [0.1, 0.15) is 64.0 Å². The molecule has 1 heterocycles. The van der Waals surface area contributed by atoms with E-state index in [2.05, 4.69) is 48.1 Å². The zero-order chi connectivity index (χ0) is 14.2. The zero-order valence-electron chi connectivity index (χ0n) is 13.0. The summed E-state index contributed by atoms with van der Waals surface area (Å²) in [6, 6.07) is 4.76. The Labute approximate surface area is 123 Å². The highest BCUT2D eigenvalue weighted by Crippen LogP contribution is 2.34. The summed E-state index contributed by atoms with van der Waals surface area (Å²) < 4.78 is 0. The van der Waals surface area contributed by atoms with Crippen LogP contribution in [0.15, 0.2) is 36.2 Å². The summed E-state index contributed by atoms with van der Waals surface area (Å²) in [4.78, 5) is 7.00. The van der Waals surface area contributed by atoms with Crippen LogP contribution in [0.5, 0.6) is 0 Å². The van der Waals surface area contributed by atoms with E-state index >= 15 is 0 Å². The van der Waals surface area contributed by atoms with Gasteiger partial charge < -0.3 is 0 Å². The number of rotatable bonds is 7. The normalized spacial score (nSPS) is 17.1. The molecule has 1 aromatic heterocycles. The van der Waals surface area contributed by atoms with Crippen molar-refractivity contribution in [3.05, 3.63) is 41.7 Å². The van der Waals surface area contributed by atoms with E-state index in [1.165, 1.54) is 57.2 Å². The predicted octanol–water partition coefficient (Wildman–Crippen LogP) is 4.75. The van der Waals surface area contributed by atoms with Crippen LogP contribution in [0.25, 0.3) is 0 Å². The van der Waals surface area contributed by atoms with Gasteiger partial charge >= 0.3 is 0 Å². The van der Waals surface area contributed by atoms with Crippen LogP contribution in [-0.2, 0) is 0 Å². The molecule has 1 unspecified atom stereocenters. The minimum atomic E-state index is 0.448. The van der Waals surface area contributed by atoms with E-state index in [1.54, 1.807) is 5.57 Å². The molecule has 1 aliphatic rings. The van der Waals surface area contributed by atoms with Gasteiger partial charge in [0.15, 0.2) is 0 Å². The van der Waals surface area contributed by atoms with Crippen molar-refractivity contribution in [1.29, 1.82) is 0 Å². The van der Waals surface area contributed by atoms with Gasteiger partial charge in [-0.15, -0.1) is 0 Å². The highest BCUT2D eigenvalue weighted by molar-refractivity contribution is 5.27. The van der Waals surface area contributed by atoms with E-state index in [0.29, 0.717) is 6.04 Å². The summed E-state index contributed by atoms with van der Waals surface area (Å²) in [6.07, 6.45) is 14.0. The van der Waals surface area contributed by atoms with Gasteiger partial charge in [0.25, 0.3) is 0 Å². The maximum Gasteiger partial charge on any atom is 0.0576 e. The smallest absolute Gasteiger partial charge is 0.0576 e. The van der Waals surface area contributed by atoms with Crippen molar-refractivity contribution >= 4 is 0 Å². The molecule has 0 aromatic carbocycles. The van der Waals surface area contributed by atoms with Gasteiger partial charge in [-0.1, -0.05) is 31.6 Å². The minimum absolute atomic E-state index is 0.448. The van der Waals surface area contributed by atoms with Crippen molar-refractivity contribution in [2.75, 3.05) is 13.1 Å². The van der Waals surface area contributed by atoms with Crippen LogP contribution in [0.2, 0.25) is 0 Å². The summed E-state index contributed by atoms with van der Waals surface area (Å²) in [5, 5.41) is 0. The lowest BCUT2D eigenvalue weighted by atomic mass is 9.89. The first-order valence-electron chi connectivity index (χ1n) is 8.19. The molecule has 110 valence electrons. The fraction of sp³-hybridized carbons (Fsp3) is 0.611. The molecule has 0 amide bonds. The third-order valence-corrected chi connectivity index (χ3v) is 4.06. The largest absolute Gasteiger partial charge is 0.293 e. The summed E-state index contributed by atoms with van der Waals surface area (Å²) in [7, 11) is 0. The monoisotopic (exact) mass is 272 g/mol. The minimum Gasteiger partial charge on any atom is -0.293 e. The highest BCUT2D eigenvalue weighted by Gasteiger charge is 2.24. The van der Waals surface area contributed by atoms with Crippen LogP contribution in [0, 0.1) is 0 Å². The SMILES string of the molecule is CCCN(CCC)C(C1=CCCCC1)c1cccnc1. The second-order valence-corrected chi connectivity index (χ2v) is 5.75. The van der Waals surface area contributed by atoms with E-state index in [0.717, 1.165) is 0 Å². The fourth-order valence-corrected chi connectivity index (χ4v) is 3.25. The van der Waals surface area contributed by atoms with Crippen LogP contribution in [-0.4, -0.2) is 23.0 Å². The summed E-state index contributed by atoms with van der Waals surface area (Å²) >= 11 is 0. The number of hydrogen-bond donors (Lipinski definition) is 0. The Balaban J connectivity index is 2.29. The molecule has 1 aliphatic carbocycles. The Hall–Kier alpha value is -1.15. The zero-order valence-corrected chi connectivity index (χ0v) is 13.0. The van der Waals surface area contributed by atoms with Gasteiger partial charge in [-0.25, -0.2) is 0 Å². The maximum absolute atomic E-state index is 4.35. The average Bonchev–Trinajstić information content (AvgIpc) is 2.50. The molecule has 0 saturated carbocycles. The maximum atomic E-state index is 4.35. The first kappa shape index (κ1) is 15.2. The van der Waals surface area contributed by atoms with Crippen molar-refractivity contribution in [3.8, 4) is 0 Å². The Morgan fingerprint density at radius 2 is 2.00 bits per heavy atom. The third kappa shape index (κ3) is 3.92. The molecule has 0 N–H and O–H groups in total. The Morgan fingerprint density at radius 3 is 2.55 bits per heavy atom. The fourth-order valence-electron chi connectivity index (χ4n) is 3.25. The summed E-state index contributed by atoms with van der Waals surface area (Å²) in [5.74, 6) is 0. The molecule has 2 rings (SSSR count). The predicted molar refractivity (Wildman–Crippen MR) is 85.7 cm³/mol. The molecule has 1 atom stereocenters. The molecular weight excluding hydrogens is 244 g/mol. The third-order valence-electron chi connectivity index (χ3n) is 4.06. The Kier molecular flexibility index (Phi) is 6.25. The molecule has 2 heteroatoms. The summed E-state index contributed by atoms with van der Waals surface area (Å²) in [6.45, 7) is 6.89. The van der Waals surface area contributed by atoms with Gasteiger partial charge in [0.2, 0.25) is 0 Å². The molecule has 2 nitrogen and oxygen atoms in total. The van der Waals surface area contributed by atoms with Crippen LogP contribution < -0.4 is 0 Å². The Bertz CT molecular complexity index is 405. The molecular formula is C18H28N2. The number of hydrogen-bond acceptors (Lipinski definition) is 2. The quantitative estimate of drug-likeness (QED) is 0.666. The number of aromatic nitrogens is 1. The lowest BCUT2D eigenvalue weighted by Crippen LogP contribution is -2.32. The average molecular weight is 272 g/mol. The van der Waals surface area contributed by atoms with Crippen LogP contribution in [0.4, 0.5) is 0 Å². The second-order valence-electron chi connectivity index (χ2n) is 5.75. The van der Waals surface area contributed by atoms with E-state index in [1.807, 2.05) is 6.20 Å². The van der Waals surface area contributed by atoms with Gasteiger partial charge in [-0.3, -0.25) is 9.88 Å². The topological polar surface area (TPSA) is 16.1 Å². The van der Waals surface area contributed by atoms with E-state index in [9.17, 15) is 0 Å². The van der Waals surface area contributed by atoms with Crippen molar-refractivity contribution < 1.29 is 0 Å². The van der Waals surface area contributed by atoms with E-state index in [4.69, 9.17) is 0 Å². The Morgan fingerprint density at radius 1 is 1.20 bits per heavy atom. The van der Waals surface area contributed by atoms with Crippen molar-refractivity contribution in [2.24, 2.45) is 0 Å². The number of pyridine rings is 1. The number of nitrogens with zero attached hydrogens (tertiary/aromatic N) is 2. The lowest BCUT2D eigenvalue weighted by Gasteiger charge is -2.34. The molecule has 0 spiro atoms. The van der Waals surface area contributed by atoms with Gasteiger partial charge in [0.1, 0.15) is 0 Å². The lowest BCUT2D eigenvalue weighted by molar-refractivity contribution is 0.217. The molecule has 20 heavy (non-hydrogen) atoms. The first-order valence-corrected chi connectivity index (χ1v) is 8.19. The standard InChI is InChI=1S/C18H28N2/c1-3-13-20(14-4-2)18(16-9-6-5-7-10-16)17-11-8-12-19-15-17/h8-9,11-12,15,18H,3-7,10,13-14H2,1-2H3. The molecule has 0 saturated heterocycles. The molecule has 0 fully saturated rings. The molecule has 1 aromatic rings. The summed E-state index contributed by atoms with van der Waals surface area (Å²) in [5.41, 5.74) is 2.98. The van der Waals surface area contributed by atoms with Gasteiger partial charge in [-0.2, -0.15) is 0 Å². The van der Waals surface area contributed by atoms with Gasteiger partial charge in [-0.05, 0) is 63.2 Å². The van der Waals surface area contributed by atoms with Crippen molar-refractivity contribution in [1.82, 2.24) is 9.88 Å². The van der Waals surface area contributed by atoms with Crippen LogP contribution >= 0.6 is 0 Å².